The molecule has 0 fully saturated rings. The number of hydrogen-bond acceptors (Lipinski definition) is 16. The number of carbonyl (C=O) groups is 11. The third-order valence-electron chi connectivity index (χ3n) is 12.0. The van der Waals surface area contributed by atoms with Crippen LogP contribution >= 0.6 is 0 Å². The van der Waals surface area contributed by atoms with Crippen molar-refractivity contribution in [3.05, 3.63) is 35.9 Å². The molecule has 0 saturated carbocycles. The summed E-state index contributed by atoms with van der Waals surface area (Å²) in [5, 5.41) is 18.9. The Morgan fingerprint density at radius 1 is 0.384 bits per heavy atom. The molecule has 23 nitrogen and oxygen atoms in total. The van der Waals surface area contributed by atoms with E-state index >= 15 is 0 Å². The first-order chi connectivity index (χ1) is 39.8. The monoisotopic (exact) mass is 1220 g/mol. The zero-order chi connectivity index (χ0) is 65.3. The normalized spacial score (nSPS) is 13.2. The average molecular weight is 1220 g/mol. The summed E-state index contributed by atoms with van der Waals surface area (Å²) in [6.07, 6.45) is 5.61. The van der Waals surface area contributed by atoms with E-state index in [2.05, 4.69) is 37.2 Å². The Bertz CT molecular complexity index is 2330. The number of aryl methyl sites for hydroxylation is 1. The van der Waals surface area contributed by atoms with Crippen LogP contribution in [0.2, 0.25) is 0 Å². The van der Waals surface area contributed by atoms with Crippen LogP contribution in [0.15, 0.2) is 30.3 Å². The Morgan fingerprint density at radius 2 is 0.826 bits per heavy atom. The van der Waals surface area contributed by atoms with Crippen molar-refractivity contribution in [2.75, 3.05) is 19.6 Å². The zero-order valence-electron chi connectivity index (χ0n) is 54.3. The van der Waals surface area contributed by atoms with Crippen LogP contribution in [0.5, 0.6) is 0 Å². The second-order valence-corrected chi connectivity index (χ2v) is 26.5. The summed E-state index contributed by atoms with van der Waals surface area (Å²) in [4.78, 5) is 144. The van der Waals surface area contributed by atoms with E-state index in [1.54, 1.807) is 104 Å². The van der Waals surface area contributed by atoms with E-state index in [1.807, 2.05) is 30.3 Å². The summed E-state index contributed by atoms with van der Waals surface area (Å²) < 4.78 is 27.0. The molecular formula is C63H105N7O16. The van der Waals surface area contributed by atoms with Gasteiger partial charge < -0.3 is 60.9 Å². The summed E-state index contributed by atoms with van der Waals surface area (Å²) in [6, 6.07) is 4.00. The lowest BCUT2D eigenvalue weighted by Gasteiger charge is -2.27. The number of ether oxygens (including phenoxy) is 5. The van der Waals surface area contributed by atoms with Crippen molar-refractivity contribution in [2.45, 2.75) is 278 Å². The highest BCUT2D eigenvalue weighted by Crippen LogP contribution is 2.17. The number of hydrogen-bond donors (Lipinski definition) is 7. The molecule has 0 bridgehead atoms. The van der Waals surface area contributed by atoms with Crippen molar-refractivity contribution in [1.29, 1.82) is 0 Å². The molecule has 4 atom stereocenters. The predicted molar refractivity (Wildman–Crippen MR) is 325 cm³/mol. The second kappa shape index (κ2) is 38.4. The van der Waals surface area contributed by atoms with Gasteiger partial charge in [-0.1, -0.05) is 49.6 Å². The number of carbonyl (C=O) groups excluding carboxylic acids is 11. The van der Waals surface area contributed by atoms with Crippen LogP contribution in [0, 0.1) is 0 Å². The van der Waals surface area contributed by atoms with Crippen molar-refractivity contribution in [2.24, 2.45) is 0 Å². The molecule has 7 amide bonds. The number of ketones is 1. The van der Waals surface area contributed by atoms with Crippen molar-refractivity contribution >= 4 is 65.4 Å². The lowest BCUT2D eigenvalue weighted by atomic mass is 10.0. The number of esters is 4. The van der Waals surface area contributed by atoms with Crippen LogP contribution in [-0.4, -0.2) is 137 Å². The molecule has 1 aromatic rings. The first-order valence-corrected chi connectivity index (χ1v) is 30.5. The first-order valence-electron chi connectivity index (χ1n) is 30.5. The number of urea groups is 1. The number of Topliss-reactive ketones (excluding diaryl/α,β-unsaturated/α-hetero) is 1. The van der Waals surface area contributed by atoms with E-state index in [4.69, 9.17) is 23.7 Å². The van der Waals surface area contributed by atoms with Crippen LogP contribution in [0.3, 0.4) is 0 Å². The van der Waals surface area contributed by atoms with Gasteiger partial charge in [0.15, 0.2) is 0 Å². The van der Waals surface area contributed by atoms with Crippen molar-refractivity contribution < 1.29 is 76.4 Å². The number of nitrogens with one attached hydrogen (secondary N) is 7. The van der Waals surface area contributed by atoms with Crippen LogP contribution in [0.1, 0.15) is 225 Å². The van der Waals surface area contributed by atoms with Crippen LogP contribution in [0.4, 0.5) is 9.59 Å². The highest BCUT2D eigenvalue weighted by molar-refractivity contribution is 6.36. The quantitative estimate of drug-likeness (QED) is 0.0144. The van der Waals surface area contributed by atoms with E-state index in [0.29, 0.717) is 83.7 Å². The Kier molecular flexibility index (Phi) is 34.4. The third-order valence-corrected chi connectivity index (χ3v) is 12.0. The summed E-state index contributed by atoms with van der Waals surface area (Å²) in [6.45, 7) is 26.0. The number of alkyl carbamates (subject to hydrolysis) is 1. The number of amides is 7. The number of unbranched alkanes of at least 4 members (excludes halogenated alkanes) is 6. The van der Waals surface area contributed by atoms with Gasteiger partial charge in [0.2, 0.25) is 23.6 Å². The summed E-state index contributed by atoms with van der Waals surface area (Å²) in [5.41, 5.74) is -3.15. The lowest BCUT2D eigenvalue weighted by Crippen LogP contribution is -2.53. The van der Waals surface area contributed by atoms with Crippen molar-refractivity contribution in [3.8, 4) is 0 Å². The number of rotatable bonds is 37. The van der Waals surface area contributed by atoms with Gasteiger partial charge in [0.05, 0.1) is 6.04 Å². The maximum absolute atomic E-state index is 14.0. The fourth-order valence-electron chi connectivity index (χ4n) is 8.20. The maximum Gasteiger partial charge on any atom is 0.407 e. The standard InChI is InChI=1S/C63H105N7O16/c1-59(2,3)82-51(74)39-37-47(55(78)84-61(7,8)9)70-57(80)69-46(54(77)83-60(4,5)6)36-38-49(72)65-40-25-18-16-17-22-34-50(73)67-45(33-24-27-42-66-58(81)86-63(13,14)15)53(76)68-44(52(75)56(79)85-62(10,11)12)32-23-26-41-64-48(71)35-28-31-43-29-20-19-21-30-43/h19-21,29-30,44-47H,16-18,22-28,31-42H2,1-15H3,(H,64,71)(H,65,72)(H,66,81)(H,67,73)(H,68,76)(H2,69,70,80)/t44-,45-,46-,47-/m0/s1. The van der Waals surface area contributed by atoms with Crippen LogP contribution in [-0.2, 0) is 73.3 Å². The minimum absolute atomic E-state index is 0.0616. The average Bonchev–Trinajstić information content (AvgIpc) is 3.48. The minimum Gasteiger partial charge on any atom is -0.460 e. The Balaban J connectivity index is 2.90. The molecule has 0 radical (unpaired) electrons. The lowest BCUT2D eigenvalue weighted by molar-refractivity contribution is -0.163. The van der Waals surface area contributed by atoms with E-state index in [9.17, 15) is 52.7 Å². The van der Waals surface area contributed by atoms with Gasteiger partial charge in [-0.05, 0) is 186 Å². The molecule has 23 heteroatoms. The van der Waals surface area contributed by atoms with Gasteiger partial charge in [-0.15, -0.1) is 0 Å². The molecule has 1 aromatic carbocycles. The fraction of sp³-hybridized carbons (Fsp3) is 0.730. The molecule has 86 heavy (non-hydrogen) atoms. The largest absolute Gasteiger partial charge is 0.460 e. The van der Waals surface area contributed by atoms with Gasteiger partial charge in [-0.3, -0.25) is 28.8 Å². The van der Waals surface area contributed by atoms with E-state index in [0.717, 1.165) is 12.0 Å². The third kappa shape index (κ3) is 40.5. The smallest absolute Gasteiger partial charge is 0.407 e. The van der Waals surface area contributed by atoms with Gasteiger partial charge in [-0.2, -0.15) is 0 Å². The minimum atomic E-state index is -1.28. The Labute approximate surface area is 510 Å². The van der Waals surface area contributed by atoms with Gasteiger partial charge in [0.1, 0.15) is 46.1 Å². The topological polar surface area (TPSA) is 318 Å². The summed E-state index contributed by atoms with van der Waals surface area (Å²) in [5.74, 6) is -5.81. The van der Waals surface area contributed by atoms with Gasteiger partial charge in [0, 0.05) is 45.3 Å². The van der Waals surface area contributed by atoms with Crippen LogP contribution < -0.4 is 37.2 Å². The summed E-state index contributed by atoms with van der Waals surface area (Å²) in [7, 11) is 0. The van der Waals surface area contributed by atoms with E-state index < -0.39 is 106 Å². The molecule has 0 aliphatic rings. The molecule has 7 N–H and O–H groups in total. The molecule has 0 spiro atoms. The second-order valence-electron chi connectivity index (χ2n) is 26.5. The maximum atomic E-state index is 14.0. The molecule has 488 valence electrons. The highest BCUT2D eigenvalue weighted by atomic mass is 16.6. The van der Waals surface area contributed by atoms with Gasteiger partial charge >= 0.3 is 36.0 Å². The van der Waals surface area contributed by atoms with E-state index in [1.165, 1.54) is 0 Å². The zero-order valence-corrected chi connectivity index (χ0v) is 54.3. The first kappa shape index (κ1) is 77.2. The SMILES string of the molecule is CC(C)(C)OC(=O)CC[C@H](NC(=O)N[C@@H](CCC(=O)NCCCCCCCC(=O)N[C@@H](CCCCNC(=O)OC(C)(C)C)C(=O)N[C@@H](CCCCNC(=O)CCCc1ccccc1)C(=O)C(=O)OC(C)(C)C)C(=O)OC(C)(C)C)C(=O)OC(C)(C)C. The Hall–Kier alpha value is -6.81. The molecule has 0 aliphatic carbocycles. The molecule has 0 unspecified atom stereocenters. The molecule has 0 heterocycles. The van der Waals surface area contributed by atoms with E-state index in [-0.39, 0.29) is 63.3 Å². The number of benzene rings is 1. The Morgan fingerprint density at radius 3 is 1.35 bits per heavy atom. The van der Waals surface area contributed by atoms with Gasteiger partial charge in [-0.25, -0.2) is 24.0 Å². The van der Waals surface area contributed by atoms with Crippen molar-refractivity contribution in [3.63, 3.8) is 0 Å². The predicted octanol–water partition coefficient (Wildman–Crippen LogP) is 7.95. The summed E-state index contributed by atoms with van der Waals surface area (Å²) >= 11 is 0. The highest BCUT2D eigenvalue weighted by Gasteiger charge is 2.34. The fourth-order valence-corrected chi connectivity index (χ4v) is 8.20. The molecule has 0 saturated heterocycles. The van der Waals surface area contributed by atoms with Crippen LogP contribution in [0.25, 0.3) is 0 Å². The van der Waals surface area contributed by atoms with Gasteiger partial charge in [0.25, 0.3) is 5.78 Å². The van der Waals surface area contributed by atoms with Crippen molar-refractivity contribution in [1.82, 2.24) is 37.2 Å². The molecule has 0 aliphatic heterocycles. The molecule has 1 rings (SSSR count). The molecule has 0 aromatic heterocycles. The molecular weight excluding hydrogens is 1110 g/mol.